The number of H-pyrrole nitrogens is 1. The number of nitrogens with zero attached hydrogens (tertiary/aromatic N) is 1. The minimum Gasteiger partial charge on any atom is -0.353 e. The summed E-state index contributed by atoms with van der Waals surface area (Å²) in [7, 11) is 0. The molecule has 1 heterocycles. The summed E-state index contributed by atoms with van der Waals surface area (Å²) in [5.41, 5.74) is 2.44. The van der Waals surface area contributed by atoms with Crippen molar-refractivity contribution in [3.8, 4) is 0 Å². The van der Waals surface area contributed by atoms with Gasteiger partial charge in [0.1, 0.15) is 0 Å². The summed E-state index contributed by atoms with van der Waals surface area (Å²) in [6.07, 6.45) is 1.23. The van der Waals surface area contributed by atoms with Crippen LogP contribution >= 0.6 is 11.8 Å². The van der Waals surface area contributed by atoms with E-state index < -0.39 is 4.92 Å². The van der Waals surface area contributed by atoms with Gasteiger partial charge in [-0.15, -0.1) is 11.8 Å². The van der Waals surface area contributed by atoms with Gasteiger partial charge in [-0.2, -0.15) is 0 Å². The Morgan fingerprint density at radius 3 is 2.75 bits per heavy atom. The first-order chi connectivity index (χ1) is 9.47. The summed E-state index contributed by atoms with van der Waals surface area (Å²) < 4.78 is 0. The van der Waals surface area contributed by atoms with E-state index >= 15 is 0 Å². The molecule has 0 radical (unpaired) electrons. The molecular formula is C14H14N2O3S. The van der Waals surface area contributed by atoms with Gasteiger partial charge in [-0.05, 0) is 25.5 Å². The first-order valence-corrected chi connectivity index (χ1v) is 7.02. The van der Waals surface area contributed by atoms with Crippen molar-refractivity contribution in [3.63, 3.8) is 0 Å². The van der Waals surface area contributed by atoms with E-state index in [1.54, 1.807) is 0 Å². The highest BCUT2D eigenvalue weighted by Crippen LogP contribution is 2.24. The van der Waals surface area contributed by atoms with Crippen LogP contribution in [0, 0.1) is 24.0 Å². The van der Waals surface area contributed by atoms with Crippen molar-refractivity contribution in [1.82, 2.24) is 4.98 Å². The largest absolute Gasteiger partial charge is 0.353 e. The van der Waals surface area contributed by atoms with E-state index in [1.165, 1.54) is 24.0 Å². The number of Topliss-reactive ketones (excluding diaryl/α,β-unsaturated/α-hetero) is 1. The van der Waals surface area contributed by atoms with E-state index in [4.69, 9.17) is 0 Å². The second kappa shape index (κ2) is 5.92. The number of aromatic nitrogens is 1. The summed E-state index contributed by atoms with van der Waals surface area (Å²) >= 11 is 1.44. The molecule has 0 atom stereocenters. The lowest BCUT2D eigenvalue weighted by molar-refractivity contribution is -0.384. The van der Waals surface area contributed by atoms with Crippen LogP contribution in [0.15, 0.2) is 35.4 Å². The maximum absolute atomic E-state index is 12.0. The van der Waals surface area contributed by atoms with Crippen LogP contribution in [-0.2, 0) is 0 Å². The van der Waals surface area contributed by atoms with Crippen molar-refractivity contribution in [2.24, 2.45) is 0 Å². The van der Waals surface area contributed by atoms with Crippen molar-refractivity contribution < 1.29 is 9.72 Å². The van der Waals surface area contributed by atoms with Crippen LogP contribution in [0.4, 0.5) is 5.69 Å². The SMILES string of the molecule is Cc1ccc(C)c(SCC(=O)c2cc([N+](=O)[O-])c[nH]2)c1. The van der Waals surface area contributed by atoms with E-state index in [0.717, 1.165) is 16.0 Å². The third-order valence-corrected chi connectivity index (χ3v) is 4.04. The third-order valence-electron chi connectivity index (χ3n) is 2.88. The standard InChI is InChI=1S/C14H14N2O3S/c1-9-3-4-10(2)14(5-9)20-8-13(17)12-6-11(7-15-12)16(18)19/h3-7,15H,8H2,1-2H3. The fourth-order valence-electron chi connectivity index (χ4n) is 1.73. The normalized spacial score (nSPS) is 10.5. The number of aromatic amines is 1. The molecule has 0 saturated heterocycles. The van der Waals surface area contributed by atoms with E-state index in [2.05, 4.69) is 4.98 Å². The quantitative estimate of drug-likeness (QED) is 0.395. The molecule has 0 aliphatic rings. The van der Waals surface area contributed by atoms with Crippen LogP contribution < -0.4 is 0 Å². The number of thioether (sulfide) groups is 1. The Kier molecular flexibility index (Phi) is 4.24. The Morgan fingerprint density at radius 2 is 2.10 bits per heavy atom. The fraction of sp³-hybridized carbons (Fsp3) is 0.214. The predicted octanol–water partition coefficient (Wildman–Crippen LogP) is 3.51. The van der Waals surface area contributed by atoms with Crippen LogP contribution in [0.2, 0.25) is 0 Å². The topological polar surface area (TPSA) is 76.0 Å². The Hall–Kier alpha value is -2.08. The minimum absolute atomic E-state index is 0.0925. The number of carbonyl (C=O) groups is 1. The van der Waals surface area contributed by atoms with Crippen molar-refractivity contribution in [1.29, 1.82) is 0 Å². The van der Waals surface area contributed by atoms with Gasteiger partial charge in [0.25, 0.3) is 5.69 Å². The molecule has 0 aliphatic carbocycles. The second-order valence-corrected chi connectivity index (χ2v) is 5.53. The number of benzene rings is 1. The first-order valence-electron chi connectivity index (χ1n) is 6.03. The number of carbonyl (C=O) groups excluding carboxylic acids is 1. The smallest absolute Gasteiger partial charge is 0.287 e. The van der Waals surface area contributed by atoms with E-state index in [0.29, 0.717) is 0 Å². The average Bonchev–Trinajstić information content (AvgIpc) is 2.89. The Labute approximate surface area is 120 Å². The van der Waals surface area contributed by atoms with Crippen molar-refractivity contribution in [3.05, 3.63) is 57.4 Å². The molecule has 0 aliphatic heterocycles. The lowest BCUT2D eigenvalue weighted by atomic mass is 10.2. The Bertz CT molecular complexity index is 664. The first kappa shape index (κ1) is 14.3. The molecule has 0 unspecified atom stereocenters. The molecule has 20 heavy (non-hydrogen) atoms. The highest BCUT2D eigenvalue weighted by atomic mass is 32.2. The molecule has 1 N–H and O–H groups in total. The molecule has 0 amide bonds. The maximum atomic E-state index is 12.0. The van der Waals surface area contributed by atoms with Gasteiger partial charge >= 0.3 is 0 Å². The average molecular weight is 290 g/mol. The fourth-order valence-corrected chi connectivity index (χ4v) is 2.74. The molecule has 0 fully saturated rings. The molecule has 1 aromatic heterocycles. The van der Waals surface area contributed by atoms with Crippen LogP contribution in [0.3, 0.4) is 0 Å². The minimum atomic E-state index is -0.523. The summed E-state index contributed by atoms with van der Waals surface area (Å²) in [6.45, 7) is 3.99. The lowest BCUT2D eigenvalue weighted by Gasteiger charge is -2.05. The van der Waals surface area contributed by atoms with Gasteiger partial charge in [0, 0.05) is 11.0 Å². The van der Waals surface area contributed by atoms with Crippen molar-refractivity contribution >= 4 is 23.2 Å². The molecule has 6 heteroatoms. The van der Waals surface area contributed by atoms with Gasteiger partial charge in [-0.3, -0.25) is 14.9 Å². The molecule has 1 aromatic carbocycles. The highest BCUT2D eigenvalue weighted by Gasteiger charge is 2.15. The summed E-state index contributed by atoms with van der Waals surface area (Å²) in [5, 5.41) is 10.6. The summed E-state index contributed by atoms with van der Waals surface area (Å²) in [6, 6.07) is 7.34. The van der Waals surface area contributed by atoms with E-state index in [-0.39, 0.29) is 22.9 Å². The second-order valence-electron chi connectivity index (χ2n) is 4.51. The number of rotatable bonds is 5. The number of nitro groups is 1. The zero-order valence-electron chi connectivity index (χ0n) is 11.2. The number of ketones is 1. The Balaban J connectivity index is 2.04. The molecule has 2 aromatic rings. The zero-order valence-corrected chi connectivity index (χ0v) is 12.0. The van der Waals surface area contributed by atoms with Gasteiger partial charge in [0.05, 0.1) is 22.6 Å². The molecule has 104 valence electrons. The van der Waals surface area contributed by atoms with E-state index in [9.17, 15) is 14.9 Å². The van der Waals surface area contributed by atoms with Gasteiger partial charge in [-0.25, -0.2) is 0 Å². The number of nitrogens with one attached hydrogen (secondary N) is 1. The van der Waals surface area contributed by atoms with Gasteiger partial charge in [0.2, 0.25) is 0 Å². The van der Waals surface area contributed by atoms with Gasteiger partial charge in [-0.1, -0.05) is 17.7 Å². The van der Waals surface area contributed by atoms with Crippen molar-refractivity contribution in [2.75, 3.05) is 5.75 Å². The lowest BCUT2D eigenvalue weighted by Crippen LogP contribution is -2.02. The molecule has 0 saturated carbocycles. The van der Waals surface area contributed by atoms with Crippen LogP contribution in [0.25, 0.3) is 0 Å². The molecule has 2 rings (SSSR count). The van der Waals surface area contributed by atoms with Crippen LogP contribution in [-0.4, -0.2) is 21.4 Å². The number of hydrogen-bond acceptors (Lipinski definition) is 4. The van der Waals surface area contributed by atoms with Gasteiger partial charge in [0.15, 0.2) is 5.78 Å². The molecular weight excluding hydrogens is 276 g/mol. The molecule has 0 spiro atoms. The molecule has 5 nitrogen and oxygen atoms in total. The highest BCUT2D eigenvalue weighted by molar-refractivity contribution is 8.00. The van der Waals surface area contributed by atoms with Crippen LogP contribution in [0.1, 0.15) is 21.6 Å². The summed E-state index contributed by atoms with van der Waals surface area (Å²) in [5.74, 6) is 0.103. The van der Waals surface area contributed by atoms with E-state index in [1.807, 2.05) is 32.0 Å². The molecule has 0 bridgehead atoms. The monoisotopic (exact) mass is 290 g/mol. The Morgan fingerprint density at radius 1 is 1.35 bits per heavy atom. The number of hydrogen-bond donors (Lipinski definition) is 1. The van der Waals surface area contributed by atoms with Crippen molar-refractivity contribution in [2.45, 2.75) is 18.7 Å². The third kappa shape index (κ3) is 3.27. The van der Waals surface area contributed by atoms with Gasteiger partial charge < -0.3 is 4.98 Å². The summed E-state index contributed by atoms with van der Waals surface area (Å²) in [4.78, 5) is 25.7. The zero-order chi connectivity index (χ0) is 14.7. The maximum Gasteiger partial charge on any atom is 0.287 e. The number of aryl methyl sites for hydroxylation is 2. The van der Waals surface area contributed by atoms with Crippen LogP contribution in [0.5, 0.6) is 0 Å². The predicted molar refractivity (Wildman–Crippen MR) is 78.4 cm³/mol.